The van der Waals surface area contributed by atoms with E-state index >= 15 is 0 Å². The number of hydrogen-bond donors (Lipinski definition) is 1. The van der Waals surface area contributed by atoms with Crippen molar-refractivity contribution in [2.24, 2.45) is 5.41 Å². The highest BCUT2D eigenvalue weighted by atomic mass is 19.2. The number of nitrogens with one attached hydrogen (secondary N) is 1. The Hall–Kier alpha value is -0.960. The Morgan fingerprint density at radius 2 is 1.94 bits per heavy atom. The molecule has 1 aliphatic heterocycles. The fourth-order valence-corrected chi connectivity index (χ4v) is 2.36. The first-order chi connectivity index (χ1) is 7.41. The Balaban J connectivity index is 2.52. The van der Waals surface area contributed by atoms with Crippen LogP contribution in [0, 0.1) is 17.0 Å². The van der Waals surface area contributed by atoms with Gasteiger partial charge in [-0.1, -0.05) is 26.8 Å². The number of benzene rings is 1. The van der Waals surface area contributed by atoms with Crippen LogP contribution in [0.25, 0.3) is 0 Å². The van der Waals surface area contributed by atoms with Crippen LogP contribution in [0.5, 0.6) is 0 Å². The second kappa shape index (κ2) is 3.81. The molecule has 0 aliphatic carbocycles. The van der Waals surface area contributed by atoms with Gasteiger partial charge in [-0.15, -0.1) is 0 Å². The van der Waals surface area contributed by atoms with Gasteiger partial charge in [-0.05, 0) is 35.6 Å². The number of fused-ring (bicyclic) bond motifs is 1. The summed E-state index contributed by atoms with van der Waals surface area (Å²) >= 11 is 0. The normalized spacial score (nSPS) is 20.7. The van der Waals surface area contributed by atoms with Crippen LogP contribution < -0.4 is 5.32 Å². The Morgan fingerprint density at radius 3 is 2.56 bits per heavy atom. The lowest BCUT2D eigenvalue weighted by Gasteiger charge is -2.36. The molecule has 3 heteroatoms. The first kappa shape index (κ1) is 11.5. The van der Waals surface area contributed by atoms with E-state index in [0.29, 0.717) is 18.5 Å². The largest absolute Gasteiger partial charge is 0.309 e. The average molecular weight is 225 g/mol. The van der Waals surface area contributed by atoms with Gasteiger partial charge in [0.05, 0.1) is 0 Å². The Bertz CT molecular complexity index is 407. The van der Waals surface area contributed by atoms with Crippen molar-refractivity contribution in [1.82, 2.24) is 5.32 Å². The Kier molecular flexibility index (Phi) is 2.74. The van der Waals surface area contributed by atoms with Crippen LogP contribution in [0.2, 0.25) is 0 Å². The van der Waals surface area contributed by atoms with Gasteiger partial charge in [-0.3, -0.25) is 0 Å². The summed E-state index contributed by atoms with van der Waals surface area (Å²) in [5.41, 5.74) is 1.44. The molecule has 16 heavy (non-hydrogen) atoms. The highest BCUT2D eigenvalue weighted by Crippen LogP contribution is 2.37. The summed E-state index contributed by atoms with van der Waals surface area (Å²) in [7, 11) is 0. The van der Waals surface area contributed by atoms with Crippen molar-refractivity contribution in [3.05, 3.63) is 34.9 Å². The van der Waals surface area contributed by atoms with E-state index in [2.05, 4.69) is 26.1 Å². The summed E-state index contributed by atoms with van der Waals surface area (Å²) in [5, 5.41) is 3.37. The summed E-state index contributed by atoms with van der Waals surface area (Å²) < 4.78 is 26.8. The van der Waals surface area contributed by atoms with Crippen LogP contribution in [-0.4, -0.2) is 6.54 Å². The molecule has 1 aromatic rings. The molecular formula is C13H17F2N. The van der Waals surface area contributed by atoms with Crippen LogP contribution in [0.15, 0.2) is 12.1 Å². The molecule has 0 saturated heterocycles. The first-order valence-electron chi connectivity index (χ1n) is 5.61. The summed E-state index contributed by atoms with van der Waals surface area (Å²) in [6, 6.07) is 3.02. The molecule has 1 N–H and O–H groups in total. The highest BCUT2D eigenvalue weighted by Gasteiger charge is 2.31. The van der Waals surface area contributed by atoms with E-state index in [0.717, 1.165) is 5.56 Å². The molecule has 0 radical (unpaired) electrons. The number of halogens is 2. The maximum Gasteiger partial charge on any atom is 0.162 e. The third kappa shape index (κ3) is 1.84. The minimum atomic E-state index is -0.742. The summed E-state index contributed by atoms with van der Waals surface area (Å²) in [6.45, 7) is 7.00. The molecule has 1 heterocycles. The van der Waals surface area contributed by atoms with Gasteiger partial charge >= 0.3 is 0 Å². The molecule has 0 aromatic heterocycles. The van der Waals surface area contributed by atoms with E-state index in [-0.39, 0.29) is 11.5 Å². The van der Waals surface area contributed by atoms with Crippen molar-refractivity contribution in [3.8, 4) is 0 Å². The Labute approximate surface area is 94.9 Å². The minimum Gasteiger partial charge on any atom is -0.309 e. The second-order valence-electron chi connectivity index (χ2n) is 5.43. The molecule has 1 unspecified atom stereocenters. The average Bonchev–Trinajstić information content (AvgIpc) is 2.21. The maximum atomic E-state index is 13.6. The molecule has 1 atom stereocenters. The predicted molar refractivity (Wildman–Crippen MR) is 60.3 cm³/mol. The van der Waals surface area contributed by atoms with Crippen molar-refractivity contribution in [2.75, 3.05) is 6.54 Å². The molecule has 0 amide bonds. The van der Waals surface area contributed by atoms with Crippen LogP contribution in [-0.2, 0) is 6.42 Å². The van der Waals surface area contributed by atoms with E-state index in [1.54, 1.807) is 6.07 Å². The van der Waals surface area contributed by atoms with Gasteiger partial charge in [0.1, 0.15) is 0 Å². The summed E-state index contributed by atoms with van der Waals surface area (Å²) in [4.78, 5) is 0. The SMILES string of the molecule is CC(C)(C)C1NCCc2c1ccc(F)c2F. The molecule has 0 fully saturated rings. The Morgan fingerprint density at radius 1 is 1.25 bits per heavy atom. The first-order valence-corrected chi connectivity index (χ1v) is 5.61. The molecule has 0 saturated carbocycles. The molecule has 0 spiro atoms. The van der Waals surface area contributed by atoms with Crippen molar-refractivity contribution in [1.29, 1.82) is 0 Å². The van der Waals surface area contributed by atoms with E-state index in [4.69, 9.17) is 0 Å². The van der Waals surface area contributed by atoms with Gasteiger partial charge in [0.2, 0.25) is 0 Å². The fourth-order valence-electron chi connectivity index (χ4n) is 2.36. The van der Waals surface area contributed by atoms with E-state index in [1.165, 1.54) is 6.07 Å². The van der Waals surface area contributed by atoms with Crippen LogP contribution in [0.3, 0.4) is 0 Å². The minimum absolute atomic E-state index is 0.000556. The van der Waals surface area contributed by atoms with Gasteiger partial charge in [-0.2, -0.15) is 0 Å². The van der Waals surface area contributed by atoms with Gasteiger partial charge in [0.25, 0.3) is 0 Å². The monoisotopic (exact) mass is 225 g/mol. The molecule has 1 aliphatic rings. The lowest BCUT2D eigenvalue weighted by atomic mass is 9.78. The van der Waals surface area contributed by atoms with Crippen molar-refractivity contribution >= 4 is 0 Å². The zero-order valence-electron chi connectivity index (χ0n) is 9.90. The molecule has 2 rings (SSSR count). The summed E-state index contributed by atoms with van der Waals surface area (Å²) in [5.74, 6) is -1.42. The zero-order chi connectivity index (χ0) is 11.9. The molecule has 1 nitrogen and oxygen atoms in total. The van der Waals surface area contributed by atoms with Gasteiger partial charge in [0, 0.05) is 6.04 Å². The third-order valence-corrected chi connectivity index (χ3v) is 3.13. The maximum absolute atomic E-state index is 13.6. The highest BCUT2D eigenvalue weighted by molar-refractivity contribution is 5.35. The van der Waals surface area contributed by atoms with E-state index in [1.807, 2.05) is 0 Å². The fraction of sp³-hybridized carbons (Fsp3) is 0.538. The molecule has 88 valence electrons. The third-order valence-electron chi connectivity index (χ3n) is 3.13. The number of hydrogen-bond acceptors (Lipinski definition) is 1. The smallest absolute Gasteiger partial charge is 0.162 e. The van der Waals surface area contributed by atoms with Crippen LogP contribution in [0.1, 0.15) is 37.9 Å². The standard InChI is InChI=1S/C13H17F2N/c1-13(2,3)12-9-4-5-10(14)11(15)8(9)6-7-16-12/h4-5,12,16H,6-7H2,1-3H3. The van der Waals surface area contributed by atoms with Gasteiger partial charge < -0.3 is 5.32 Å². The zero-order valence-corrected chi connectivity index (χ0v) is 9.90. The lowest BCUT2D eigenvalue weighted by Crippen LogP contribution is -2.38. The topological polar surface area (TPSA) is 12.0 Å². The van der Waals surface area contributed by atoms with Crippen molar-refractivity contribution in [3.63, 3.8) is 0 Å². The molecule has 0 bridgehead atoms. The molecule has 1 aromatic carbocycles. The van der Waals surface area contributed by atoms with Crippen molar-refractivity contribution < 1.29 is 8.78 Å². The quantitative estimate of drug-likeness (QED) is 0.715. The second-order valence-corrected chi connectivity index (χ2v) is 5.43. The number of rotatable bonds is 0. The van der Waals surface area contributed by atoms with Crippen molar-refractivity contribution in [2.45, 2.75) is 33.2 Å². The van der Waals surface area contributed by atoms with Crippen LogP contribution in [0.4, 0.5) is 8.78 Å². The van der Waals surface area contributed by atoms with E-state index in [9.17, 15) is 8.78 Å². The van der Waals surface area contributed by atoms with Crippen LogP contribution >= 0.6 is 0 Å². The van der Waals surface area contributed by atoms with Gasteiger partial charge in [0.15, 0.2) is 11.6 Å². The predicted octanol–water partition coefficient (Wildman–Crippen LogP) is 3.20. The summed E-state index contributed by atoms with van der Waals surface area (Å²) in [6.07, 6.45) is 0.561. The lowest BCUT2D eigenvalue weighted by molar-refractivity contribution is 0.260. The van der Waals surface area contributed by atoms with E-state index < -0.39 is 11.6 Å². The molecular weight excluding hydrogens is 208 g/mol. The van der Waals surface area contributed by atoms with Gasteiger partial charge in [-0.25, -0.2) is 8.78 Å².